The number of carboxylic acids is 1. The predicted octanol–water partition coefficient (Wildman–Crippen LogP) is 2.50. The predicted molar refractivity (Wildman–Crippen MR) is 117 cm³/mol. The normalized spacial score (nSPS) is 12.0. The van der Waals surface area contributed by atoms with Crippen LogP contribution >= 0.6 is 0 Å². The first kappa shape index (κ1) is 22.4. The van der Waals surface area contributed by atoms with Gasteiger partial charge in [0, 0.05) is 18.3 Å². The molecule has 0 bridgehead atoms. The molecule has 0 saturated carbocycles. The van der Waals surface area contributed by atoms with Crippen molar-refractivity contribution >= 4 is 30.2 Å². The van der Waals surface area contributed by atoms with Gasteiger partial charge in [-0.05, 0) is 43.2 Å². The quantitative estimate of drug-likeness (QED) is 0.181. The number of rotatable bonds is 10. The van der Waals surface area contributed by atoms with Gasteiger partial charge in [0.2, 0.25) is 0 Å². The van der Waals surface area contributed by atoms with E-state index in [1.165, 1.54) is 6.21 Å². The molecule has 8 heteroatoms. The Labute approximate surface area is 174 Å². The van der Waals surface area contributed by atoms with Crippen molar-refractivity contribution in [3.8, 4) is 5.75 Å². The van der Waals surface area contributed by atoms with Gasteiger partial charge >= 0.3 is 11.9 Å². The fraction of sp³-hybridized carbons (Fsp3) is 0.182. The number of benzene rings is 2. The lowest BCUT2D eigenvalue weighted by molar-refractivity contribution is -0.138. The summed E-state index contributed by atoms with van der Waals surface area (Å²) in [5.74, 6) is -1.12. The second-order valence-electron chi connectivity index (χ2n) is 6.25. The van der Waals surface area contributed by atoms with Crippen LogP contribution in [-0.4, -0.2) is 41.8 Å². The summed E-state index contributed by atoms with van der Waals surface area (Å²) in [6.45, 7) is 0.345. The average Bonchev–Trinajstić information content (AvgIpc) is 2.73. The number of nitrogens with zero attached hydrogens (tertiary/aromatic N) is 2. The Kier molecular flexibility index (Phi) is 8.79. The van der Waals surface area contributed by atoms with Crippen LogP contribution < -0.4 is 16.2 Å². The molecule has 0 heterocycles. The number of para-hydroxylation sites is 1. The molecule has 0 unspecified atom stereocenters. The number of aliphatic carboxylic acids is 1. The number of carbonyl (C=O) groups excluding carboxylic acids is 1. The van der Waals surface area contributed by atoms with Crippen LogP contribution in [0.4, 0.5) is 0 Å². The molecule has 1 atom stereocenters. The number of carboxylic acid groups (broad SMARTS) is 1. The second kappa shape index (κ2) is 11.8. The van der Waals surface area contributed by atoms with E-state index >= 15 is 0 Å². The standard InChI is InChI=1S/C22H24N4O4/c23-22(24)26-15-7-12-18(20(27)28)25-14-6-11-16-8-4-5-13-19(16)30-21(29)17-9-2-1-3-10-17/h1-6,8-11,13-14,18H,7,12,15H2,(H,27,28)(H4,23,24,26)/b11-6+,25-14?/t18-/m0/s1. The highest BCUT2D eigenvalue weighted by molar-refractivity contribution is 5.91. The van der Waals surface area contributed by atoms with Crippen LogP contribution in [0.1, 0.15) is 28.8 Å². The van der Waals surface area contributed by atoms with Crippen molar-refractivity contribution in [3.63, 3.8) is 0 Å². The Balaban J connectivity index is 2.00. The van der Waals surface area contributed by atoms with E-state index in [2.05, 4.69) is 9.98 Å². The Hall–Kier alpha value is -3.94. The summed E-state index contributed by atoms with van der Waals surface area (Å²) in [6.07, 6.45) is 5.50. The number of guanidine groups is 1. The van der Waals surface area contributed by atoms with Crippen molar-refractivity contribution < 1.29 is 19.4 Å². The molecule has 0 saturated heterocycles. The lowest BCUT2D eigenvalue weighted by Crippen LogP contribution is -2.23. The van der Waals surface area contributed by atoms with Crippen molar-refractivity contribution in [3.05, 3.63) is 71.8 Å². The number of hydrogen-bond donors (Lipinski definition) is 3. The third kappa shape index (κ3) is 7.59. The molecule has 0 spiro atoms. The van der Waals surface area contributed by atoms with Gasteiger partial charge in [-0.2, -0.15) is 0 Å². The number of esters is 1. The van der Waals surface area contributed by atoms with Gasteiger partial charge in [0.1, 0.15) is 11.8 Å². The Morgan fingerprint density at radius 3 is 2.47 bits per heavy atom. The van der Waals surface area contributed by atoms with Gasteiger partial charge in [-0.25, -0.2) is 9.59 Å². The van der Waals surface area contributed by atoms with Crippen molar-refractivity contribution in [2.75, 3.05) is 6.54 Å². The van der Waals surface area contributed by atoms with Gasteiger partial charge in [0.25, 0.3) is 0 Å². The van der Waals surface area contributed by atoms with E-state index in [9.17, 15) is 14.7 Å². The molecule has 0 radical (unpaired) electrons. The van der Waals surface area contributed by atoms with Gasteiger partial charge < -0.3 is 21.3 Å². The minimum atomic E-state index is -1.03. The summed E-state index contributed by atoms with van der Waals surface area (Å²) >= 11 is 0. The largest absolute Gasteiger partial charge is 0.480 e. The highest BCUT2D eigenvalue weighted by atomic mass is 16.5. The van der Waals surface area contributed by atoms with E-state index in [0.717, 1.165) is 0 Å². The molecule has 0 fully saturated rings. The lowest BCUT2D eigenvalue weighted by atomic mass is 10.1. The van der Waals surface area contributed by atoms with Gasteiger partial charge in [-0.3, -0.25) is 9.98 Å². The first-order valence-electron chi connectivity index (χ1n) is 9.31. The Bertz CT molecular complexity index is 935. The molecule has 156 valence electrons. The van der Waals surface area contributed by atoms with Gasteiger partial charge in [0.05, 0.1) is 5.56 Å². The molecule has 2 rings (SSSR count). The lowest BCUT2D eigenvalue weighted by Gasteiger charge is -2.07. The molecule has 0 amide bonds. The first-order valence-corrected chi connectivity index (χ1v) is 9.31. The summed E-state index contributed by atoms with van der Waals surface area (Å²) in [6, 6.07) is 14.8. The fourth-order valence-corrected chi connectivity index (χ4v) is 2.50. The number of ether oxygens (including phenoxy) is 1. The summed E-state index contributed by atoms with van der Waals surface area (Å²) in [7, 11) is 0. The van der Waals surface area contributed by atoms with Crippen molar-refractivity contribution in [1.82, 2.24) is 0 Å². The third-order valence-corrected chi connectivity index (χ3v) is 3.97. The van der Waals surface area contributed by atoms with Crippen LogP contribution in [0.3, 0.4) is 0 Å². The number of carbonyl (C=O) groups is 2. The van der Waals surface area contributed by atoms with Crippen molar-refractivity contribution in [2.45, 2.75) is 18.9 Å². The second-order valence-corrected chi connectivity index (χ2v) is 6.25. The molecule has 5 N–H and O–H groups in total. The molecule has 8 nitrogen and oxygen atoms in total. The molecule has 2 aromatic rings. The summed E-state index contributed by atoms with van der Waals surface area (Å²) in [5, 5.41) is 9.27. The maximum absolute atomic E-state index is 12.3. The van der Waals surface area contributed by atoms with Gasteiger partial charge in [-0.15, -0.1) is 0 Å². The number of aliphatic imine (C=N–C) groups is 2. The minimum absolute atomic E-state index is 0.0278. The van der Waals surface area contributed by atoms with Crippen LogP contribution in [0, 0.1) is 0 Å². The smallest absolute Gasteiger partial charge is 0.343 e. The number of allylic oxidation sites excluding steroid dienone is 1. The van der Waals surface area contributed by atoms with Crippen LogP contribution in [0.15, 0.2) is 70.7 Å². The van der Waals surface area contributed by atoms with E-state index in [4.69, 9.17) is 16.2 Å². The van der Waals surface area contributed by atoms with Crippen molar-refractivity contribution in [2.24, 2.45) is 21.5 Å². The van der Waals surface area contributed by atoms with Crippen molar-refractivity contribution in [1.29, 1.82) is 0 Å². The molecule has 2 aromatic carbocycles. The Morgan fingerprint density at radius 1 is 1.07 bits per heavy atom. The minimum Gasteiger partial charge on any atom is -0.480 e. The summed E-state index contributed by atoms with van der Waals surface area (Å²) in [4.78, 5) is 31.5. The highest BCUT2D eigenvalue weighted by Gasteiger charge is 2.14. The summed E-state index contributed by atoms with van der Waals surface area (Å²) in [5.41, 5.74) is 11.6. The molecule has 30 heavy (non-hydrogen) atoms. The zero-order valence-corrected chi connectivity index (χ0v) is 16.3. The summed E-state index contributed by atoms with van der Waals surface area (Å²) < 4.78 is 5.47. The average molecular weight is 408 g/mol. The van der Waals surface area contributed by atoms with E-state index in [-0.39, 0.29) is 5.96 Å². The fourth-order valence-electron chi connectivity index (χ4n) is 2.50. The maximum atomic E-state index is 12.3. The molecule has 0 aliphatic heterocycles. The first-order chi connectivity index (χ1) is 14.5. The van der Waals surface area contributed by atoms with Gasteiger partial charge in [-0.1, -0.05) is 36.4 Å². The molecule has 0 aliphatic carbocycles. The third-order valence-electron chi connectivity index (χ3n) is 3.97. The zero-order chi connectivity index (χ0) is 21.8. The number of nitrogens with two attached hydrogens (primary N) is 2. The zero-order valence-electron chi connectivity index (χ0n) is 16.3. The van der Waals surface area contributed by atoms with E-state index in [1.54, 1.807) is 60.7 Å². The van der Waals surface area contributed by atoms with Crippen LogP contribution in [0.2, 0.25) is 0 Å². The SMILES string of the molecule is NC(N)=NCCC[C@H](N=C/C=C/c1ccccc1OC(=O)c1ccccc1)C(=O)O. The highest BCUT2D eigenvalue weighted by Crippen LogP contribution is 2.20. The molecule has 0 aliphatic rings. The number of hydrogen-bond acceptors (Lipinski definition) is 5. The molecule has 0 aromatic heterocycles. The van der Waals surface area contributed by atoms with Crippen LogP contribution in [-0.2, 0) is 4.79 Å². The van der Waals surface area contributed by atoms with E-state index in [0.29, 0.717) is 36.3 Å². The molecular formula is C22H24N4O4. The topological polar surface area (TPSA) is 140 Å². The van der Waals surface area contributed by atoms with Crippen LogP contribution in [0.25, 0.3) is 6.08 Å². The van der Waals surface area contributed by atoms with Crippen LogP contribution in [0.5, 0.6) is 5.75 Å². The molecular weight excluding hydrogens is 384 g/mol. The van der Waals surface area contributed by atoms with E-state index < -0.39 is 18.0 Å². The van der Waals surface area contributed by atoms with Gasteiger partial charge in [0.15, 0.2) is 5.96 Å². The monoisotopic (exact) mass is 408 g/mol. The Morgan fingerprint density at radius 2 is 1.77 bits per heavy atom. The van der Waals surface area contributed by atoms with E-state index in [1.807, 2.05) is 6.07 Å². The maximum Gasteiger partial charge on any atom is 0.343 e.